The summed E-state index contributed by atoms with van der Waals surface area (Å²) in [6, 6.07) is 10.1. The quantitative estimate of drug-likeness (QED) is 0.782. The van der Waals surface area contributed by atoms with Crippen LogP contribution in [0.1, 0.15) is 31.7 Å². The fraction of sp³-hybridized carbons (Fsp3) is 0.375. The Hall–Kier alpha value is -1.48. The van der Waals surface area contributed by atoms with Gasteiger partial charge in [-0.1, -0.05) is 44.2 Å². The lowest BCUT2D eigenvalue weighted by Gasteiger charge is -2.08. The second-order valence-electron chi connectivity index (χ2n) is 4.65. The fourth-order valence-electron chi connectivity index (χ4n) is 2.17. The van der Waals surface area contributed by atoms with E-state index in [0.29, 0.717) is 12.2 Å². The summed E-state index contributed by atoms with van der Waals surface area (Å²) in [7, 11) is 0. The van der Waals surface area contributed by atoms with Crippen molar-refractivity contribution in [2.75, 3.05) is 0 Å². The van der Waals surface area contributed by atoms with Crippen molar-refractivity contribution in [3.05, 3.63) is 40.7 Å². The van der Waals surface area contributed by atoms with E-state index < -0.39 is 0 Å². The molecule has 100 valence electrons. The number of hydrogen-bond donors (Lipinski definition) is 0. The Kier molecular flexibility index (Phi) is 4.86. The zero-order valence-electron chi connectivity index (χ0n) is 11.4. The maximum absolute atomic E-state index is 12.1. The smallest absolute Gasteiger partial charge is 0.142 e. The van der Waals surface area contributed by atoms with Crippen molar-refractivity contribution in [2.45, 2.75) is 33.1 Å². The highest BCUT2D eigenvalue weighted by Gasteiger charge is 2.16. The number of nitrogens with zero attached hydrogens (tertiary/aromatic N) is 1. The monoisotopic (exact) mass is 273 g/mol. The molecule has 0 radical (unpaired) electrons. The van der Waals surface area contributed by atoms with E-state index in [1.807, 2.05) is 35.7 Å². The molecule has 0 aliphatic carbocycles. The molecule has 0 amide bonds. The molecule has 0 atom stereocenters. The van der Waals surface area contributed by atoms with Gasteiger partial charge in [0.05, 0.1) is 12.1 Å². The summed E-state index contributed by atoms with van der Waals surface area (Å²) < 4.78 is 0. The molecule has 1 heterocycles. The first kappa shape index (κ1) is 13.9. The second-order valence-corrected chi connectivity index (χ2v) is 5.59. The van der Waals surface area contributed by atoms with Crippen LogP contribution in [0, 0.1) is 5.92 Å². The lowest BCUT2D eigenvalue weighted by atomic mass is 9.96. The van der Waals surface area contributed by atoms with Crippen molar-refractivity contribution in [1.82, 2.24) is 4.98 Å². The number of benzene rings is 1. The summed E-state index contributed by atoms with van der Waals surface area (Å²) in [6.45, 7) is 4.15. The first-order chi connectivity index (χ1) is 9.24. The fourth-order valence-corrected chi connectivity index (χ4v) is 2.98. The van der Waals surface area contributed by atoms with E-state index in [1.54, 1.807) is 11.3 Å². The largest absolute Gasteiger partial charge is 0.299 e. The molecule has 0 spiro atoms. The Bertz CT molecular complexity index is 529. The molecule has 0 bridgehead atoms. The Morgan fingerprint density at radius 2 is 1.89 bits per heavy atom. The number of hydrogen-bond acceptors (Lipinski definition) is 3. The third-order valence-corrected chi connectivity index (χ3v) is 4.24. The van der Waals surface area contributed by atoms with Gasteiger partial charge in [0.1, 0.15) is 10.8 Å². The molecule has 0 aliphatic rings. The highest BCUT2D eigenvalue weighted by molar-refractivity contribution is 7.10. The van der Waals surface area contributed by atoms with E-state index in [-0.39, 0.29) is 5.92 Å². The third-order valence-electron chi connectivity index (χ3n) is 3.39. The van der Waals surface area contributed by atoms with Gasteiger partial charge in [0.25, 0.3) is 0 Å². The van der Waals surface area contributed by atoms with Crippen molar-refractivity contribution < 1.29 is 4.79 Å². The Balaban J connectivity index is 2.08. The van der Waals surface area contributed by atoms with Crippen molar-refractivity contribution in [2.24, 2.45) is 5.92 Å². The van der Waals surface area contributed by atoms with Crippen LogP contribution < -0.4 is 0 Å². The van der Waals surface area contributed by atoms with Crippen LogP contribution in [0.3, 0.4) is 0 Å². The van der Waals surface area contributed by atoms with Crippen LogP contribution in [-0.4, -0.2) is 10.8 Å². The summed E-state index contributed by atoms with van der Waals surface area (Å²) in [5.41, 5.74) is 2.08. The van der Waals surface area contributed by atoms with E-state index in [9.17, 15) is 4.79 Å². The third kappa shape index (κ3) is 3.51. The van der Waals surface area contributed by atoms with E-state index in [2.05, 4.69) is 18.8 Å². The average Bonchev–Trinajstić information content (AvgIpc) is 2.89. The van der Waals surface area contributed by atoms with Crippen molar-refractivity contribution in [1.29, 1.82) is 0 Å². The van der Waals surface area contributed by atoms with Gasteiger partial charge in [-0.15, -0.1) is 11.3 Å². The van der Waals surface area contributed by atoms with Crippen molar-refractivity contribution in [3.8, 4) is 11.3 Å². The molecule has 0 saturated heterocycles. The van der Waals surface area contributed by atoms with Crippen LogP contribution in [0.2, 0.25) is 0 Å². The summed E-state index contributed by atoms with van der Waals surface area (Å²) in [4.78, 5) is 16.7. The van der Waals surface area contributed by atoms with Crippen LogP contribution in [0.25, 0.3) is 11.3 Å². The summed E-state index contributed by atoms with van der Waals surface area (Å²) >= 11 is 1.58. The maximum atomic E-state index is 12.1. The first-order valence-electron chi connectivity index (χ1n) is 6.77. The predicted octanol–water partition coefficient (Wildman–Crippen LogP) is 4.36. The number of thiazole rings is 1. The summed E-state index contributed by atoms with van der Waals surface area (Å²) in [5, 5.41) is 2.96. The van der Waals surface area contributed by atoms with Crippen LogP contribution >= 0.6 is 11.3 Å². The second kappa shape index (κ2) is 6.62. The number of rotatable bonds is 6. The Morgan fingerprint density at radius 3 is 2.53 bits per heavy atom. The van der Waals surface area contributed by atoms with Crippen LogP contribution in [0.15, 0.2) is 35.7 Å². The Morgan fingerprint density at radius 1 is 1.21 bits per heavy atom. The molecule has 19 heavy (non-hydrogen) atoms. The highest BCUT2D eigenvalue weighted by atomic mass is 32.1. The maximum Gasteiger partial charge on any atom is 0.142 e. The molecular weight excluding hydrogens is 254 g/mol. The molecule has 0 fully saturated rings. The molecule has 0 unspecified atom stereocenters. The molecule has 2 nitrogen and oxygen atoms in total. The standard InChI is InChI=1S/C16H19NOS/c1-3-12(4-2)15(18)10-16-17-14(11-19-16)13-8-6-5-7-9-13/h5-9,11-12H,3-4,10H2,1-2H3. The van der Waals surface area contributed by atoms with Gasteiger partial charge < -0.3 is 0 Å². The van der Waals surface area contributed by atoms with Crippen molar-refractivity contribution in [3.63, 3.8) is 0 Å². The lowest BCUT2D eigenvalue weighted by molar-refractivity contribution is -0.122. The van der Waals surface area contributed by atoms with Gasteiger partial charge in [-0.25, -0.2) is 4.98 Å². The molecule has 1 aromatic carbocycles. The van der Waals surface area contributed by atoms with Crippen LogP contribution in [-0.2, 0) is 11.2 Å². The van der Waals surface area contributed by atoms with Gasteiger partial charge >= 0.3 is 0 Å². The van der Waals surface area contributed by atoms with Gasteiger partial charge in [-0.05, 0) is 12.8 Å². The molecule has 0 saturated carbocycles. The van der Waals surface area contributed by atoms with Gasteiger partial charge in [0, 0.05) is 16.9 Å². The average molecular weight is 273 g/mol. The minimum Gasteiger partial charge on any atom is -0.299 e. The number of carbonyl (C=O) groups excluding carboxylic acids is 1. The van der Waals surface area contributed by atoms with E-state index in [0.717, 1.165) is 29.1 Å². The zero-order valence-corrected chi connectivity index (χ0v) is 12.2. The van der Waals surface area contributed by atoms with Gasteiger partial charge in [0.15, 0.2) is 0 Å². The number of carbonyl (C=O) groups is 1. The highest BCUT2D eigenvalue weighted by Crippen LogP contribution is 2.23. The number of Topliss-reactive ketones (excluding diaryl/α,β-unsaturated/α-hetero) is 1. The van der Waals surface area contributed by atoms with E-state index >= 15 is 0 Å². The van der Waals surface area contributed by atoms with E-state index in [1.165, 1.54) is 0 Å². The first-order valence-corrected chi connectivity index (χ1v) is 7.65. The lowest BCUT2D eigenvalue weighted by Crippen LogP contribution is -2.15. The van der Waals surface area contributed by atoms with E-state index in [4.69, 9.17) is 0 Å². The number of aromatic nitrogens is 1. The van der Waals surface area contributed by atoms with Gasteiger partial charge in [-0.3, -0.25) is 4.79 Å². The molecule has 2 rings (SSSR count). The molecule has 0 N–H and O–H groups in total. The summed E-state index contributed by atoms with van der Waals surface area (Å²) in [5.74, 6) is 0.503. The van der Waals surface area contributed by atoms with Crippen molar-refractivity contribution >= 4 is 17.1 Å². The van der Waals surface area contributed by atoms with Crippen LogP contribution in [0.4, 0.5) is 0 Å². The van der Waals surface area contributed by atoms with Crippen LogP contribution in [0.5, 0.6) is 0 Å². The Labute approximate surface area is 118 Å². The topological polar surface area (TPSA) is 30.0 Å². The molecule has 2 aromatic rings. The molecule has 1 aromatic heterocycles. The normalized spacial score (nSPS) is 10.9. The zero-order chi connectivity index (χ0) is 13.7. The minimum atomic E-state index is 0.184. The minimum absolute atomic E-state index is 0.184. The molecule has 3 heteroatoms. The molecule has 0 aliphatic heterocycles. The SMILES string of the molecule is CCC(CC)C(=O)Cc1nc(-c2ccccc2)cs1. The predicted molar refractivity (Wildman–Crippen MR) is 80.3 cm³/mol. The van der Waals surface area contributed by atoms with Gasteiger partial charge in [-0.2, -0.15) is 0 Å². The number of ketones is 1. The molecular formula is C16H19NOS. The summed E-state index contributed by atoms with van der Waals surface area (Å²) in [6.07, 6.45) is 2.32. The van der Waals surface area contributed by atoms with Gasteiger partial charge in [0.2, 0.25) is 0 Å².